The highest BCUT2D eigenvalue weighted by molar-refractivity contribution is 7.20. The minimum absolute atomic E-state index is 0.117. The van der Waals surface area contributed by atoms with Crippen LogP contribution >= 0.6 is 11.1 Å². The van der Waals surface area contributed by atoms with E-state index in [-0.39, 0.29) is 42.2 Å². The fraction of sp³-hybridized carbons (Fsp3) is 0.737. The number of aliphatic hydroxyl groups excluding tert-OH is 1. The van der Waals surface area contributed by atoms with Gasteiger partial charge in [-0.3, -0.25) is 9.13 Å². The standard InChI is InChI=1S/C19H31N5O4Si.C13H17N5O4.C6H15ClSi/c1-18(2,3)29(6,7)25-8-11-13-14(28-19(4,5)27-13)17(26-11)24-10-23-12-15(20)21-9-22-16(12)24;1-13(2)21-8-6(3-19)20-12(9(8)22-13)18-5-17-7-10(14)15-4-16-11(7)18;1-6(2,3)8(4,5)7/h9-11,13-14,17H,8H2,1-7H3,(H2,20,21,22);4-6,8-9,12,19H,3H2,1-2H3,(H2,14,15,16);1-5H3/t11-,13-,14-,17-;6-,8-,9-,12-;/m11./s1. The van der Waals surface area contributed by atoms with Crippen molar-refractivity contribution in [3.05, 3.63) is 25.3 Å². The summed E-state index contributed by atoms with van der Waals surface area (Å²) in [5.74, 6) is -0.780. The fourth-order valence-corrected chi connectivity index (χ4v) is 7.68. The summed E-state index contributed by atoms with van der Waals surface area (Å²) >= 11 is 6.15. The van der Waals surface area contributed by atoms with Gasteiger partial charge in [0, 0.05) is 0 Å². The van der Waals surface area contributed by atoms with Gasteiger partial charge in [-0.15, -0.1) is 0 Å². The number of hydrogen-bond acceptors (Lipinski definition) is 16. The molecule has 0 radical (unpaired) electrons. The maximum absolute atomic E-state index is 9.52. The quantitative estimate of drug-likeness (QED) is 0.152. The number of aromatic nitrogens is 8. The van der Waals surface area contributed by atoms with Crippen molar-refractivity contribution >= 4 is 60.7 Å². The molecule has 0 unspecified atom stereocenters. The summed E-state index contributed by atoms with van der Waals surface area (Å²) in [5.41, 5.74) is 14.0. The maximum Gasteiger partial charge on any atom is 0.192 e. The topological polar surface area (TPSA) is 224 Å². The van der Waals surface area contributed by atoms with E-state index < -0.39 is 45.8 Å². The molecule has 0 aromatic carbocycles. The van der Waals surface area contributed by atoms with Crippen molar-refractivity contribution in [2.45, 2.75) is 166 Å². The van der Waals surface area contributed by atoms with Gasteiger partial charge in [-0.05, 0) is 50.9 Å². The Bertz CT molecular complexity index is 2090. The molecular formula is C38H63ClN10O8Si2. The highest BCUT2D eigenvalue weighted by Gasteiger charge is 2.57. The smallest absolute Gasteiger partial charge is 0.192 e. The Morgan fingerprint density at radius 3 is 1.46 bits per heavy atom. The van der Waals surface area contributed by atoms with Crippen LogP contribution in [-0.2, 0) is 32.8 Å². The van der Waals surface area contributed by atoms with E-state index in [0.717, 1.165) is 0 Å². The number of nitrogen functional groups attached to an aromatic ring is 2. The highest BCUT2D eigenvalue weighted by Crippen LogP contribution is 2.46. The molecule has 4 aromatic heterocycles. The Morgan fingerprint density at radius 2 is 1.07 bits per heavy atom. The van der Waals surface area contributed by atoms with E-state index in [2.05, 4.69) is 97.6 Å². The number of nitrogens with zero attached hydrogens (tertiary/aromatic N) is 8. The number of halogens is 1. The molecule has 8 heterocycles. The molecule has 4 aliphatic rings. The van der Waals surface area contributed by atoms with Crippen molar-refractivity contribution in [2.24, 2.45) is 0 Å². The number of hydrogen-bond donors (Lipinski definition) is 3. The summed E-state index contributed by atoms with van der Waals surface area (Å²) in [5, 5.41) is 9.98. The second kappa shape index (κ2) is 16.1. The van der Waals surface area contributed by atoms with Crippen LogP contribution in [0.15, 0.2) is 25.3 Å². The van der Waals surface area contributed by atoms with Crippen molar-refractivity contribution in [2.75, 3.05) is 24.7 Å². The highest BCUT2D eigenvalue weighted by atomic mass is 35.6. The molecule has 328 valence electrons. The number of fused-ring (bicyclic) bond motifs is 4. The number of nitrogens with two attached hydrogens (primary N) is 2. The molecule has 4 aliphatic heterocycles. The first-order valence-electron chi connectivity index (χ1n) is 20.0. The van der Waals surface area contributed by atoms with Crippen LogP contribution in [0.3, 0.4) is 0 Å². The minimum Gasteiger partial charge on any atom is -0.414 e. The van der Waals surface area contributed by atoms with Gasteiger partial charge in [-0.25, -0.2) is 29.9 Å². The number of aliphatic hydroxyl groups is 1. The molecule has 0 bridgehead atoms. The van der Waals surface area contributed by atoms with Crippen molar-refractivity contribution < 1.29 is 38.0 Å². The number of rotatable bonds is 6. The van der Waals surface area contributed by atoms with Crippen LogP contribution < -0.4 is 11.5 Å². The van der Waals surface area contributed by atoms with E-state index in [1.54, 1.807) is 17.2 Å². The largest absolute Gasteiger partial charge is 0.414 e. The first kappa shape index (κ1) is 45.6. The lowest BCUT2D eigenvalue weighted by Gasteiger charge is -2.37. The summed E-state index contributed by atoms with van der Waals surface area (Å²) < 4.78 is 46.5. The molecular weight excluding hydrogens is 816 g/mol. The predicted molar refractivity (Wildman–Crippen MR) is 228 cm³/mol. The van der Waals surface area contributed by atoms with E-state index >= 15 is 0 Å². The molecule has 5 N–H and O–H groups in total. The Kier molecular flexibility index (Phi) is 12.4. The molecule has 4 fully saturated rings. The lowest BCUT2D eigenvalue weighted by molar-refractivity contribution is -0.199. The SMILES string of the molecule is CC(C)(C)[Si](C)(C)Cl.CC1(C)O[C@@H]2[C@H](O1)[C@@H](CO)O[C@H]2n1cnc2c(N)ncnc21.CC1(C)O[C@@H]2[C@H](O1)[C@@H](CO[Si](C)(C)C(C)(C)C)O[C@H]2n1cnc2c(N)ncnc21. The molecule has 59 heavy (non-hydrogen) atoms. The van der Waals surface area contributed by atoms with Gasteiger partial charge in [-0.2, -0.15) is 11.1 Å². The summed E-state index contributed by atoms with van der Waals surface area (Å²) in [6.07, 6.45) is 3.17. The van der Waals surface area contributed by atoms with Crippen LogP contribution in [0.5, 0.6) is 0 Å². The second-order valence-corrected chi connectivity index (χ2v) is 31.5. The third-order valence-corrected chi connectivity index (χ3v) is 21.7. The average molecular weight is 880 g/mol. The number of imidazole rings is 2. The zero-order valence-corrected chi connectivity index (χ0v) is 39.5. The predicted octanol–water partition coefficient (Wildman–Crippen LogP) is 5.90. The van der Waals surface area contributed by atoms with Crippen LogP contribution in [0.1, 0.15) is 81.7 Å². The third kappa shape index (κ3) is 9.32. The van der Waals surface area contributed by atoms with Gasteiger partial charge < -0.3 is 49.4 Å². The Morgan fingerprint density at radius 1 is 0.678 bits per heavy atom. The van der Waals surface area contributed by atoms with Crippen LogP contribution in [0.2, 0.25) is 36.3 Å². The summed E-state index contributed by atoms with van der Waals surface area (Å²) in [4.78, 5) is 25.1. The van der Waals surface area contributed by atoms with Crippen LogP contribution in [0.25, 0.3) is 22.3 Å². The van der Waals surface area contributed by atoms with E-state index in [9.17, 15) is 5.11 Å². The normalized spacial score (nSPS) is 28.9. The lowest BCUT2D eigenvalue weighted by atomic mass is 10.1. The fourth-order valence-electron chi connectivity index (χ4n) is 6.67. The molecule has 4 saturated heterocycles. The number of anilines is 2. The third-order valence-electron chi connectivity index (χ3n) is 12.0. The molecule has 0 saturated carbocycles. The molecule has 8 rings (SSSR count). The lowest BCUT2D eigenvalue weighted by Crippen LogP contribution is -2.44. The first-order valence-corrected chi connectivity index (χ1v) is 26.9. The van der Waals surface area contributed by atoms with E-state index in [4.69, 9.17) is 55.4 Å². The minimum atomic E-state index is -1.92. The van der Waals surface area contributed by atoms with E-state index in [1.807, 2.05) is 32.3 Å². The Hall–Kier alpha value is -2.90. The van der Waals surface area contributed by atoms with Gasteiger partial charge in [0.25, 0.3) is 0 Å². The molecule has 0 amide bonds. The Balaban J connectivity index is 0.000000172. The van der Waals surface area contributed by atoms with Gasteiger partial charge in [0.2, 0.25) is 0 Å². The van der Waals surface area contributed by atoms with Crippen LogP contribution in [0.4, 0.5) is 11.6 Å². The Labute approximate surface area is 352 Å². The zero-order valence-electron chi connectivity index (χ0n) is 36.8. The molecule has 0 spiro atoms. The maximum atomic E-state index is 9.52. The number of ether oxygens (including phenoxy) is 6. The van der Waals surface area contributed by atoms with Crippen LogP contribution in [0, 0.1) is 0 Å². The van der Waals surface area contributed by atoms with Crippen LogP contribution in [-0.4, -0.2) is 121 Å². The first-order chi connectivity index (χ1) is 27.1. The average Bonchev–Trinajstić information content (AvgIpc) is 3.94. The molecule has 18 nitrogen and oxygen atoms in total. The van der Waals surface area contributed by atoms with Crippen molar-refractivity contribution in [1.82, 2.24) is 39.0 Å². The van der Waals surface area contributed by atoms with E-state index in [0.29, 0.717) is 45.6 Å². The van der Waals surface area contributed by atoms with Crippen molar-refractivity contribution in [1.29, 1.82) is 0 Å². The molecule has 4 aromatic rings. The second-order valence-electron chi connectivity index (χ2n) is 19.4. The van der Waals surface area contributed by atoms with E-state index in [1.165, 1.54) is 12.7 Å². The summed E-state index contributed by atoms with van der Waals surface area (Å²) in [7, 11) is -3.31. The van der Waals surface area contributed by atoms with Crippen molar-refractivity contribution in [3.63, 3.8) is 0 Å². The van der Waals surface area contributed by atoms with Crippen molar-refractivity contribution in [3.8, 4) is 0 Å². The van der Waals surface area contributed by atoms with Gasteiger partial charge in [0.15, 0.2) is 62.7 Å². The van der Waals surface area contributed by atoms with Gasteiger partial charge >= 0.3 is 0 Å². The molecule has 8 atom stereocenters. The summed E-state index contributed by atoms with van der Waals surface area (Å²) in [6.45, 7) is 29.9. The monoisotopic (exact) mass is 878 g/mol. The summed E-state index contributed by atoms with van der Waals surface area (Å²) in [6, 6.07) is 0. The van der Waals surface area contributed by atoms with Gasteiger partial charge in [0.1, 0.15) is 60.3 Å². The van der Waals surface area contributed by atoms with Gasteiger partial charge in [0.05, 0.1) is 25.9 Å². The molecule has 21 heteroatoms. The zero-order chi connectivity index (χ0) is 43.7. The van der Waals surface area contributed by atoms with Gasteiger partial charge in [-0.1, -0.05) is 54.6 Å². The molecule has 0 aliphatic carbocycles.